The van der Waals surface area contributed by atoms with Crippen LogP contribution in [0.1, 0.15) is 11.5 Å². The minimum atomic E-state index is -0.335. The van der Waals surface area contributed by atoms with Crippen molar-refractivity contribution in [1.29, 1.82) is 5.26 Å². The van der Waals surface area contributed by atoms with E-state index in [2.05, 4.69) is 20.2 Å². The molecule has 0 saturated carbocycles. The van der Waals surface area contributed by atoms with Crippen LogP contribution in [-0.2, 0) is 13.5 Å². The Kier molecular flexibility index (Phi) is 4.03. The molecule has 3 rings (SSSR count). The number of hydrogen-bond acceptors (Lipinski definition) is 7. The SMILES string of the molecule is Cn1cnc(-c2nnc(Cc3ccc(F)cc3)o2)c(O)/c1=N/C#N. The fraction of sp³-hybridized carbons (Fsp3) is 0.133. The quantitative estimate of drug-likeness (QED) is 0.726. The Balaban J connectivity index is 1.94. The van der Waals surface area contributed by atoms with E-state index in [-0.39, 0.29) is 34.5 Å². The van der Waals surface area contributed by atoms with Gasteiger partial charge in [-0.15, -0.1) is 10.2 Å². The van der Waals surface area contributed by atoms with Crippen LogP contribution in [0, 0.1) is 17.3 Å². The highest BCUT2D eigenvalue weighted by Crippen LogP contribution is 2.22. The van der Waals surface area contributed by atoms with Crippen molar-refractivity contribution < 1.29 is 13.9 Å². The van der Waals surface area contributed by atoms with Crippen molar-refractivity contribution in [2.45, 2.75) is 6.42 Å². The van der Waals surface area contributed by atoms with Crippen molar-refractivity contribution >= 4 is 0 Å². The van der Waals surface area contributed by atoms with E-state index >= 15 is 0 Å². The molecule has 0 bridgehead atoms. The summed E-state index contributed by atoms with van der Waals surface area (Å²) in [6.45, 7) is 0. The maximum Gasteiger partial charge on any atom is 0.270 e. The van der Waals surface area contributed by atoms with Gasteiger partial charge in [-0.3, -0.25) is 0 Å². The second kappa shape index (κ2) is 6.29. The average Bonchev–Trinajstić information content (AvgIpc) is 3.02. The molecule has 0 atom stereocenters. The highest BCUT2D eigenvalue weighted by Gasteiger charge is 2.17. The standard InChI is InChI=1S/C15H11FN6O2/c1-22-8-19-12(13(23)14(22)18-7-17)15-21-20-11(24-15)6-9-2-4-10(16)5-3-9/h2-5,8,23H,6H2,1H3/b18-14-. The van der Waals surface area contributed by atoms with Crippen molar-refractivity contribution in [3.8, 4) is 23.5 Å². The molecule has 0 unspecified atom stereocenters. The third kappa shape index (κ3) is 2.98. The summed E-state index contributed by atoms with van der Waals surface area (Å²) in [5.74, 6) is -0.382. The summed E-state index contributed by atoms with van der Waals surface area (Å²) >= 11 is 0. The third-order valence-corrected chi connectivity index (χ3v) is 3.22. The summed E-state index contributed by atoms with van der Waals surface area (Å²) in [7, 11) is 1.58. The summed E-state index contributed by atoms with van der Waals surface area (Å²) in [6.07, 6.45) is 3.29. The smallest absolute Gasteiger partial charge is 0.270 e. The highest BCUT2D eigenvalue weighted by molar-refractivity contribution is 5.54. The predicted molar refractivity (Wildman–Crippen MR) is 78.5 cm³/mol. The zero-order valence-corrected chi connectivity index (χ0v) is 12.5. The third-order valence-electron chi connectivity index (χ3n) is 3.22. The average molecular weight is 326 g/mol. The van der Waals surface area contributed by atoms with Crippen LogP contribution in [0.5, 0.6) is 5.75 Å². The summed E-state index contributed by atoms with van der Waals surface area (Å²) in [4.78, 5) is 7.55. The fourth-order valence-electron chi connectivity index (χ4n) is 2.07. The van der Waals surface area contributed by atoms with Gasteiger partial charge in [-0.25, -0.2) is 9.37 Å². The van der Waals surface area contributed by atoms with Gasteiger partial charge in [0, 0.05) is 7.05 Å². The predicted octanol–water partition coefficient (Wildman–Crippen LogP) is 1.29. The van der Waals surface area contributed by atoms with E-state index in [0.29, 0.717) is 6.42 Å². The molecule has 9 heteroatoms. The maximum absolute atomic E-state index is 12.9. The zero-order chi connectivity index (χ0) is 17.1. The molecule has 2 heterocycles. The van der Waals surface area contributed by atoms with Crippen LogP contribution in [0.15, 0.2) is 40.0 Å². The summed E-state index contributed by atoms with van der Waals surface area (Å²) in [5.41, 5.74) is 0.851. The van der Waals surface area contributed by atoms with E-state index in [9.17, 15) is 9.50 Å². The molecule has 0 aliphatic heterocycles. The molecule has 24 heavy (non-hydrogen) atoms. The maximum atomic E-state index is 12.9. The van der Waals surface area contributed by atoms with E-state index in [1.54, 1.807) is 25.4 Å². The first-order valence-corrected chi connectivity index (χ1v) is 6.83. The lowest BCUT2D eigenvalue weighted by Gasteiger charge is -2.03. The Morgan fingerprint density at radius 3 is 2.79 bits per heavy atom. The lowest BCUT2D eigenvalue weighted by Crippen LogP contribution is -2.18. The molecule has 1 aromatic carbocycles. The summed E-state index contributed by atoms with van der Waals surface area (Å²) < 4.78 is 19.8. The number of nitrogens with zero attached hydrogens (tertiary/aromatic N) is 6. The van der Waals surface area contributed by atoms with Crippen LogP contribution in [0.25, 0.3) is 11.6 Å². The first-order chi connectivity index (χ1) is 11.6. The van der Waals surface area contributed by atoms with Gasteiger partial charge < -0.3 is 14.1 Å². The molecule has 0 aliphatic rings. The van der Waals surface area contributed by atoms with E-state index < -0.39 is 0 Å². The van der Waals surface area contributed by atoms with Gasteiger partial charge in [0.05, 0.1) is 12.7 Å². The zero-order valence-electron chi connectivity index (χ0n) is 12.5. The highest BCUT2D eigenvalue weighted by atomic mass is 19.1. The normalized spacial score (nSPS) is 11.5. The number of aromatic nitrogens is 4. The Hall–Kier alpha value is -3.54. The largest absolute Gasteiger partial charge is 0.503 e. The summed E-state index contributed by atoms with van der Waals surface area (Å²) in [5, 5.41) is 26.6. The molecule has 8 nitrogen and oxygen atoms in total. The number of aromatic hydroxyl groups is 1. The molecule has 2 aromatic heterocycles. The lowest BCUT2D eigenvalue weighted by atomic mass is 10.1. The van der Waals surface area contributed by atoms with Gasteiger partial charge in [-0.05, 0) is 17.7 Å². The van der Waals surface area contributed by atoms with Crippen LogP contribution in [0.4, 0.5) is 4.39 Å². The monoisotopic (exact) mass is 326 g/mol. The van der Waals surface area contributed by atoms with Gasteiger partial charge in [-0.2, -0.15) is 10.3 Å². The van der Waals surface area contributed by atoms with Crippen molar-refractivity contribution in [2.75, 3.05) is 0 Å². The molecule has 0 aliphatic carbocycles. The number of benzene rings is 1. The van der Waals surface area contributed by atoms with Crippen molar-refractivity contribution in [1.82, 2.24) is 19.7 Å². The van der Waals surface area contributed by atoms with E-state index in [1.165, 1.54) is 23.0 Å². The van der Waals surface area contributed by atoms with E-state index in [4.69, 9.17) is 9.68 Å². The first-order valence-electron chi connectivity index (χ1n) is 6.83. The molecule has 0 fully saturated rings. The van der Waals surface area contributed by atoms with Crippen LogP contribution < -0.4 is 5.49 Å². The molecule has 0 radical (unpaired) electrons. The molecular weight excluding hydrogens is 315 g/mol. The van der Waals surface area contributed by atoms with Crippen LogP contribution >= 0.6 is 0 Å². The van der Waals surface area contributed by atoms with Crippen LogP contribution in [-0.4, -0.2) is 24.9 Å². The van der Waals surface area contributed by atoms with Crippen molar-refractivity contribution in [3.05, 3.63) is 53.4 Å². The molecule has 0 spiro atoms. The molecule has 0 amide bonds. The lowest BCUT2D eigenvalue weighted by molar-refractivity contribution is 0.449. The number of halogens is 1. The van der Waals surface area contributed by atoms with Crippen LogP contribution in [0.2, 0.25) is 0 Å². The molecular formula is C15H11FN6O2. The van der Waals surface area contributed by atoms with E-state index in [1.807, 2.05) is 0 Å². The molecule has 3 aromatic rings. The minimum absolute atomic E-state index is 0.000369. The molecule has 1 N–H and O–H groups in total. The Morgan fingerprint density at radius 1 is 1.33 bits per heavy atom. The number of hydrogen-bond donors (Lipinski definition) is 1. The van der Waals surface area contributed by atoms with E-state index in [0.717, 1.165) is 5.56 Å². The second-order valence-electron chi connectivity index (χ2n) is 4.89. The topological polar surface area (TPSA) is 113 Å². The Bertz CT molecular complexity index is 984. The molecule has 0 saturated heterocycles. The second-order valence-corrected chi connectivity index (χ2v) is 4.89. The molecule has 120 valence electrons. The van der Waals surface area contributed by atoms with Crippen molar-refractivity contribution in [2.24, 2.45) is 12.0 Å². The Labute approximate surface area is 135 Å². The number of rotatable bonds is 3. The van der Waals surface area contributed by atoms with Gasteiger partial charge in [0.25, 0.3) is 5.89 Å². The van der Waals surface area contributed by atoms with Gasteiger partial charge >= 0.3 is 0 Å². The fourth-order valence-corrected chi connectivity index (χ4v) is 2.07. The van der Waals surface area contributed by atoms with Crippen LogP contribution in [0.3, 0.4) is 0 Å². The minimum Gasteiger partial charge on any atom is -0.503 e. The van der Waals surface area contributed by atoms with Gasteiger partial charge in [0.2, 0.25) is 12.1 Å². The Morgan fingerprint density at radius 2 is 2.08 bits per heavy atom. The van der Waals surface area contributed by atoms with Gasteiger partial charge in [0.15, 0.2) is 16.9 Å². The van der Waals surface area contributed by atoms with Crippen molar-refractivity contribution in [3.63, 3.8) is 0 Å². The number of nitriles is 1. The summed E-state index contributed by atoms with van der Waals surface area (Å²) in [6, 6.07) is 5.91. The first kappa shape index (κ1) is 15.4. The van der Waals surface area contributed by atoms with Gasteiger partial charge in [0.1, 0.15) is 5.82 Å². The van der Waals surface area contributed by atoms with Gasteiger partial charge in [-0.1, -0.05) is 12.1 Å². The number of aryl methyl sites for hydroxylation is 1.